The number of pyridine rings is 3. The van der Waals surface area contributed by atoms with Crippen LogP contribution in [0, 0.1) is 6.92 Å². The van der Waals surface area contributed by atoms with Crippen molar-refractivity contribution in [2.75, 3.05) is 18.1 Å². The summed E-state index contributed by atoms with van der Waals surface area (Å²) in [6.45, 7) is 5.61. The third-order valence-corrected chi connectivity index (χ3v) is 5.27. The number of nitrogen functional groups attached to an aromatic ring is 1. The summed E-state index contributed by atoms with van der Waals surface area (Å²) in [6, 6.07) is 5.82. The highest BCUT2D eigenvalue weighted by Crippen LogP contribution is 2.29. The van der Waals surface area contributed by atoms with E-state index < -0.39 is 5.54 Å². The van der Waals surface area contributed by atoms with Gasteiger partial charge in [0.2, 0.25) is 5.91 Å². The Morgan fingerprint density at radius 3 is 2.74 bits per heavy atom. The van der Waals surface area contributed by atoms with Gasteiger partial charge in [-0.15, -0.1) is 0 Å². The monoisotopic (exact) mass is 416 g/mol. The van der Waals surface area contributed by atoms with Crippen molar-refractivity contribution in [2.24, 2.45) is 0 Å². The van der Waals surface area contributed by atoms with Gasteiger partial charge >= 0.3 is 0 Å². The summed E-state index contributed by atoms with van der Waals surface area (Å²) in [5.74, 6) is 0.909. The van der Waals surface area contributed by atoms with Gasteiger partial charge in [0.1, 0.15) is 17.2 Å². The van der Waals surface area contributed by atoms with Gasteiger partial charge in [-0.1, -0.05) is 0 Å². The predicted octanol–water partition coefficient (Wildman–Crippen LogP) is 3.00. The fraction of sp³-hybridized carbons (Fsp3) is 0.227. The summed E-state index contributed by atoms with van der Waals surface area (Å²) in [4.78, 5) is 25.3. The first-order valence-corrected chi connectivity index (χ1v) is 9.81. The number of rotatable bonds is 5. The predicted molar refractivity (Wildman–Crippen MR) is 121 cm³/mol. The molecule has 0 aliphatic heterocycles. The molecule has 0 saturated carbocycles. The summed E-state index contributed by atoms with van der Waals surface area (Å²) in [6.07, 6.45) is 8.65. The average Bonchev–Trinajstić information content (AvgIpc) is 3.22. The Morgan fingerprint density at radius 1 is 1.19 bits per heavy atom. The molecule has 0 aromatic carbocycles. The van der Waals surface area contributed by atoms with E-state index in [1.54, 1.807) is 56.6 Å². The Labute approximate surface area is 179 Å². The molecule has 0 saturated heterocycles. The van der Waals surface area contributed by atoms with Crippen LogP contribution in [0.4, 0.5) is 17.3 Å². The van der Waals surface area contributed by atoms with E-state index in [0.717, 1.165) is 27.6 Å². The van der Waals surface area contributed by atoms with Gasteiger partial charge < -0.3 is 16.4 Å². The number of aryl methyl sites for hydroxylation is 1. The van der Waals surface area contributed by atoms with Gasteiger partial charge in [-0.2, -0.15) is 5.10 Å². The van der Waals surface area contributed by atoms with Crippen molar-refractivity contribution >= 4 is 34.0 Å². The van der Waals surface area contributed by atoms with Crippen LogP contribution in [0.3, 0.4) is 0 Å². The number of amides is 1. The minimum Gasteiger partial charge on any atom is -0.383 e. The third kappa shape index (κ3) is 3.77. The zero-order valence-electron chi connectivity index (χ0n) is 17.8. The number of carbonyl (C=O) groups excluding carboxylic acids is 1. The van der Waals surface area contributed by atoms with Crippen LogP contribution in [0.15, 0.2) is 49.2 Å². The molecule has 0 spiro atoms. The van der Waals surface area contributed by atoms with E-state index in [9.17, 15) is 4.79 Å². The second-order valence-electron chi connectivity index (χ2n) is 7.81. The van der Waals surface area contributed by atoms with E-state index in [0.29, 0.717) is 17.3 Å². The van der Waals surface area contributed by atoms with E-state index in [1.807, 2.05) is 25.1 Å². The Bertz CT molecular complexity index is 1280. The summed E-state index contributed by atoms with van der Waals surface area (Å²) < 4.78 is 1.61. The number of hydrogen-bond donors (Lipinski definition) is 3. The van der Waals surface area contributed by atoms with E-state index in [2.05, 4.69) is 30.7 Å². The molecule has 4 aromatic heterocycles. The lowest BCUT2D eigenvalue weighted by Crippen LogP contribution is -2.43. The summed E-state index contributed by atoms with van der Waals surface area (Å²) in [5, 5.41) is 11.9. The summed E-state index contributed by atoms with van der Waals surface area (Å²) in [5.41, 5.74) is 8.85. The van der Waals surface area contributed by atoms with Gasteiger partial charge in [0, 0.05) is 42.8 Å². The molecule has 4 aromatic rings. The molecule has 9 nitrogen and oxygen atoms in total. The molecule has 0 aliphatic rings. The quantitative estimate of drug-likeness (QED) is 0.457. The van der Waals surface area contributed by atoms with E-state index in [1.165, 1.54) is 0 Å². The lowest BCUT2D eigenvalue weighted by molar-refractivity contribution is -0.128. The lowest BCUT2D eigenvalue weighted by atomic mass is 10.1. The van der Waals surface area contributed by atoms with Crippen molar-refractivity contribution in [3.8, 4) is 11.3 Å². The zero-order chi connectivity index (χ0) is 22.2. The van der Waals surface area contributed by atoms with Crippen LogP contribution in [0.2, 0.25) is 0 Å². The van der Waals surface area contributed by atoms with Crippen molar-refractivity contribution in [2.45, 2.75) is 26.3 Å². The highest BCUT2D eigenvalue weighted by molar-refractivity contribution is 5.94. The highest BCUT2D eigenvalue weighted by Gasteiger charge is 2.29. The van der Waals surface area contributed by atoms with Crippen LogP contribution in [0.1, 0.15) is 19.4 Å². The molecular weight excluding hydrogens is 392 g/mol. The molecule has 9 heteroatoms. The van der Waals surface area contributed by atoms with Crippen LogP contribution < -0.4 is 16.4 Å². The molecule has 0 atom stereocenters. The van der Waals surface area contributed by atoms with Crippen molar-refractivity contribution < 1.29 is 4.79 Å². The Kier molecular flexibility index (Phi) is 5.02. The number of hydrogen-bond acceptors (Lipinski definition) is 7. The fourth-order valence-electron chi connectivity index (χ4n) is 3.36. The highest BCUT2D eigenvalue weighted by atomic mass is 16.2. The maximum atomic E-state index is 12.1. The van der Waals surface area contributed by atoms with Crippen LogP contribution in [0.5, 0.6) is 0 Å². The molecular formula is C22H24N8O. The molecule has 0 radical (unpaired) electrons. The summed E-state index contributed by atoms with van der Waals surface area (Å²) in [7, 11) is 1.60. The minimum absolute atomic E-state index is 0.132. The van der Waals surface area contributed by atoms with Crippen molar-refractivity contribution in [3.63, 3.8) is 0 Å². The van der Waals surface area contributed by atoms with Gasteiger partial charge in [-0.3, -0.25) is 14.5 Å². The maximum Gasteiger partial charge on any atom is 0.247 e. The lowest BCUT2D eigenvalue weighted by Gasteiger charge is -2.22. The van der Waals surface area contributed by atoms with Crippen LogP contribution in [0.25, 0.3) is 22.0 Å². The maximum absolute atomic E-state index is 12.1. The second kappa shape index (κ2) is 7.67. The number of nitrogens with one attached hydrogen (secondary N) is 2. The molecule has 1 amide bonds. The molecule has 0 aliphatic carbocycles. The average molecular weight is 416 g/mol. The number of nitrogens with two attached hydrogens (primary N) is 1. The Hall–Kier alpha value is -4.01. The van der Waals surface area contributed by atoms with E-state index in [4.69, 9.17) is 5.73 Å². The first-order chi connectivity index (χ1) is 14.8. The third-order valence-electron chi connectivity index (χ3n) is 5.27. The number of aromatic nitrogens is 5. The molecule has 158 valence electrons. The van der Waals surface area contributed by atoms with Gasteiger partial charge in [-0.25, -0.2) is 9.97 Å². The van der Waals surface area contributed by atoms with E-state index in [-0.39, 0.29) is 5.91 Å². The van der Waals surface area contributed by atoms with E-state index >= 15 is 0 Å². The SMILES string of the molecule is CNC(=O)C(C)(C)n1cc(Nc2cc3cc(-c4cnccc4C)nc(N)c3cn2)cn1. The number of fused-ring (bicyclic) bond motifs is 1. The Morgan fingerprint density at radius 2 is 2.00 bits per heavy atom. The Balaban J connectivity index is 1.67. The minimum atomic E-state index is -0.817. The normalized spacial score (nSPS) is 11.5. The first kappa shape index (κ1) is 20.3. The zero-order valence-corrected chi connectivity index (χ0v) is 17.8. The summed E-state index contributed by atoms with van der Waals surface area (Å²) >= 11 is 0. The second-order valence-corrected chi connectivity index (χ2v) is 7.81. The molecule has 0 bridgehead atoms. The molecule has 31 heavy (non-hydrogen) atoms. The van der Waals surface area contributed by atoms with Gasteiger partial charge in [0.25, 0.3) is 0 Å². The van der Waals surface area contributed by atoms with Crippen molar-refractivity contribution in [1.29, 1.82) is 0 Å². The molecule has 4 N–H and O–H groups in total. The topological polar surface area (TPSA) is 124 Å². The molecule has 4 heterocycles. The van der Waals surface area contributed by atoms with Gasteiger partial charge in [-0.05, 0) is 49.9 Å². The fourth-order valence-corrected chi connectivity index (χ4v) is 3.36. The number of anilines is 3. The van der Waals surface area contributed by atoms with Crippen LogP contribution >= 0.6 is 0 Å². The van der Waals surface area contributed by atoms with Gasteiger partial charge in [0.15, 0.2) is 0 Å². The number of nitrogens with zero attached hydrogens (tertiary/aromatic N) is 5. The van der Waals surface area contributed by atoms with Crippen LogP contribution in [-0.4, -0.2) is 37.7 Å². The molecule has 0 fully saturated rings. The number of likely N-dealkylation sites (N-methyl/N-ethyl adjacent to an activating group) is 1. The van der Waals surface area contributed by atoms with Crippen molar-refractivity contribution in [1.82, 2.24) is 30.0 Å². The first-order valence-electron chi connectivity index (χ1n) is 9.81. The standard InChI is InChI=1S/C22H24N8O/c1-13-5-6-25-10-16(13)18-7-14-8-19(26-11-17(14)20(23)29-18)28-15-9-27-30(12-15)22(2,3)21(31)24-4/h5-12H,1-4H3,(H2,23,29)(H,24,31)(H,26,28). The van der Waals surface area contributed by atoms with Crippen LogP contribution in [-0.2, 0) is 10.3 Å². The largest absolute Gasteiger partial charge is 0.383 e. The van der Waals surface area contributed by atoms with Crippen molar-refractivity contribution in [3.05, 3.63) is 54.7 Å². The number of carbonyl (C=O) groups is 1. The molecule has 0 unspecified atom stereocenters. The smallest absolute Gasteiger partial charge is 0.247 e. The van der Waals surface area contributed by atoms with Gasteiger partial charge in [0.05, 0.1) is 17.6 Å². The molecule has 4 rings (SSSR count).